The normalized spacial score (nSPS) is 15.8. The van der Waals surface area contributed by atoms with E-state index in [1.807, 2.05) is 32.0 Å². The molecule has 2 heterocycles. The molecule has 6 heteroatoms. The Labute approximate surface area is 193 Å². The van der Waals surface area contributed by atoms with Gasteiger partial charge in [-0.05, 0) is 85.4 Å². The molecule has 3 aromatic rings. The summed E-state index contributed by atoms with van der Waals surface area (Å²) in [5.41, 5.74) is 4.89. The molecule has 1 aliphatic carbocycles. The van der Waals surface area contributed by atoms with Gasteiger partial charge < -0.3 is 15.1 Å². The monoisotopic (exact) mass is 450 g/mol. The fourth-order valence-corrected chi connectivity index (χ4v) is 5.56. The summed E-state index contributed by atoms with van der Waals surface area (Å²) >= 11 is 1.52. The van der Waals surface area contributed by atoms with Crippen LogP contribution in [-0.4, -0.2) is 11.8 Å². The molecule has 0 saturated heterocycles. The van der Waals surface area contributed by atoms with E-state index in [1.165, 1.54) is 28.0 Å². The minimum Gasteiger partial charge on any atom is -0.459 e. The topological polar surface area (TPSA) is 71.3 Å². The van der Waals surface area contributed by atoms with Crippen molar-refractivity contribution in [2.45, 2.75) is 53.9 Å². The molecule has 0 radical (unpaired) electrons. The maximum atomic E-state index is 13.4. The van der Waals surface area contributed by atoms with Gasteiger partial charge in [0, 0.05) is 10.6 Å². The predicted octanol–water partition coefficient (Wildman–Crippen LogP) is 6.61. The zero-order valence-corrected chi connectivity index (χ0v) is 20.1. The molecule has 1 aliphatic rings. The Morgan fingerprint density at radius 2 is 1.84 bits per heavy atom. The lowest BCUT2D eigenvalue weighted by atomic mass is 9.72. The van der Waals surface area contributed by atoms with Crippen molar-refractivity contribution < 1.29 is 14.0 Å². The summed E-state index contributed by atoms with van der Waals surface area (Å²) in [7, 11) is 0. The molecule has 168 valence electrons. The second-order valence-corrected chi connectivity index (χ2v) is 10.8. The van der Waals surface area contributed by atoms with E-state index in [0.717, 1.165) is 36.1 Å². The van der Waals surface area contributed by atoms with Gasteiger partial charge in [0.05, 0.1) is 11.8 Å². The Morgan fingerprint density at radius 3 is 2.50 bits per heavy atom. The van der Waals surface area contributed by atoms with Crippen molar-refractivity contribution in [3.63, 3.8) is 0 Å². The number of carbonyl (C=O) groups excluding carboxylic acids is 2. The van der Waals surface area contributed by atoms with E-state index in [9.17, 15) is 9.59 Å². The number of aryl methyl sites for hydroxylation is 2. The van der Waals surface area contributed by atoms with Crippen LogP contribution in [-0.2, 0) is 12.8 Å². The summed E-state index contributed by atoms with van der Waals surface area (Å²) in [5, 5.41) is 6.57. The van der Waals surface area contributed by atoms with Crippen LogP contribution in [0.25, 0.3) is 0 Å². The molecule has 0 bridgehead atoms. The highest BCUT2D eigenvalue weighted by Crippen LogP contribution is 2.44. The third-order valence-electron chi connectivity index (χ3n) is 6.45. The number of hydrogen-bond acceptors (Lipinski definition) is 4. The number of benzene rings is 1. The average molecular weight is 451 g/mol. The van der Waals surface area contributed by atoms with Gasteiger partial charge in [-0.3, -0.25) is 9.59 Å². The Bertz CT molecular complexity index is 1150. The number of thiophene rings is 1. The lowest BCUT2D eigenvalue weighted by Gasteiger charge is -2.33. The number of fused-ring (bicyclic) bond motifs is 1. The van der Waals surface area contributed by atoms with Crippen molar-refractivity contribution in [2.24, 2.45) is 11.3 Å². The van der Waals surface area contributed by atoms with Gasteiger partial charge >= 0.3 is 0 Å². The summed E-state index contributed by atoms with van der Waals surface area (Å²) in [5.74, 6) is 0.235. The number of carbonyl (C=O) groups is 2. The Morgan fingerprint density at radius 1 is 1.06 bits per heavy atom. The van der Waals surface area contributed by atoms with Crippen molar-refractivity contribution in [2.75, 3.05) is 10.6 Å². The van der Waals surface area contributed by atoms with E-state index in [1.54, 1.807) is 12.1 Å². The van der Waals surface area contributed by atoms with Crippen LogP contribution < -0.4 is 10.6 Å². The first kappa shape index (κ1) is 22.3. The smallest absolute Gasteiger partial charge is 0.291 e. The Kier molecular flexibility index (Phi) is 5.99. The number of rotatable bonds is 4. The molecule has 4 rings (SSSR count). The summed E-state index contributed by atoms with van der Waals surface area (Å²) < 4.78 is 5.24. The van der Waals surface area contributed by atoms with Crippen LogP contribution in [0.2, 0.25) is 0 Å². The molecule has 0 aliphatic heterocycles. The molecule has 1 atom stereocenters. The largest absolute Gasteiger partial charge is 0.459 e. The molecule has 2 aromatic heterocycles. The molecule has 5 nitrogen and oxygen atoms in total. The van der Waals surface area contributed by atoms with E-state index < -0.39 is 0 Å². The molecular formula is C26H30N2O3S. The molecule has 0 fully saturated rings. The van der Waals surface area contributed by atoms with E-state index in [4.69, 9.17) is 4.42 Å². The van der Waals surface area contributed by atoms with Gasteiger partial charge in [0.15, 0.2) is 5.76 Å². The molecule has 32 heavy (non-hydrogen) atoms. The van der Waals surface area contributed by atoms with Crippen molar-refractivity contribution in [3.05, 3.63) is 69.5 Å². The second-order valence-electron chi connectivity index (χ2n) is 9.70. The van der Waals surface area contributed by atoms with Crippen LogP contribution in [0.4, 0.5) is 10.7 Å². The number of anilines is 2. The second kappa shape index (κ2) is 8.58. The first-order chi connectivity index (χ1) is 15.1. The number of furan rings is 1. The minimum absolute atomic E-state index is 0.185. The average Bonchev–Trinajstić information content (AvgIpc) is 3.37. The van der Waals surface area contributed by atoms with Crippen molar-refractivity contribution in [1.82, 2.24) is 0 Å². The zero-order chi connectivity index (χ0) is 23.0. The van der Waals surface area contributed by atoms with Gasteiger partial charge in [0.1, 0.15) is 5.00 Å². The van der Waals surface area contributed by atoms with E-state index in [2.05, 4.69) is 31.4 Å². The standard InChI is InChI=1S/C26H30N2O3S/c1-15-8-10-18(13-16(15)2)27-24(30)22-19-11-9-17(26(3,4)5)14-21(19)32-25(22)28-23(29)20-7-6-12-31-20/h6-8,10,12-13,17H,9,11,14H2,1-5H3,(H,27,30)(H,28,29). The van der Waals surface area contributed by atoms with Gasteiger partial charge in [-0.1, -0.05) is 26.8 Å². The lowest BCUT2D eigenvalue weighted by Crippen LogP contribution is -2.27. The number of nitrogens with one attached hydrogen (secondary N) is 2. The molecule has 0 saturated carbocycles. The minimum atomic E-state index is -0.346. The summed E-state index contributed by atoms with van der Waals surface area (Å²) in [4.78, 5) is 27.3. The molecule has 1 aromatic carbocycles. The number of amides is 2. The summed E-state index contributed by atoms with van der Waals surface area (Å²) in [6.45, 7) is 10.9. The predicted molar refractivity (Wildman–Crippen MR) is 130 cm³/mol. The van der Waals surface area contributed by atoms with Gasteiger partial charge in [-0.2, -0.15) is 0 Å². The molecular weight excluding hydrogens is 420 g/mol. The fourth-order valence-electron chi connectivity index (χ4n) is 4.24. The van der Waals surface area contributed by atoms with E-state index >= 15 is 0 Å². The maximum absolute atomic E-state index is 13.4. The van der Waals surface area contributed by atoms with Crippen molar-refractivity contribution in [3.8, 4) is 0 Å². The Hall–Kier alpha value is -2.86. The summed E-state index contributed by atoms with van der Waals surface area (Å²) in [6, 6.07) is 9.18. The van der Waals surface area contributed by atoms with Crippen LogP contribution in [0.1, 0.15) is 69.7 Å². The molecule has 2 N–H and O–H groups in total. The van der Waals surface area contributed by atoms with Crippen LogP contribution in [0, 0.1) is 25.2 Å². The van der Waals surface area contributed by atoms with E-state index in [-0.39, 0.29) is 23.0 Å². The van der Waals surface area contributed by atoms with Crippen molar-refractivity contribution in [1.29, 1.82) is 0 Å². The third-order valence-corrected chi connectivity index (χ3v) is 7.62. The van der Waals surface area contributed by atoms with Gasteiger partial charge in [0.25, 0.3) is 11.8 Å². The first-order valence-corrected chi connectivity index (χ1v) is 11.8. The lowest BCUT2D eigenvalue weighted by molar-refractivity contribution is 0.0997. The van der Waals surface area contributed by atoms with Crippen molar-refractivity contribution >= 4 is 33.8 Å². The first-order valence-electron chi connectivity index (χ1n) is 11.0. The SMILES string of the molecule is Cc1ccc(NC(=O)c2c(NC(=O)c3ccco3)sc3c2CCC(C(C)(C)C)C3)cc1C. The highest BCUT2D eigenvalue weighted by molar-refractivity contribution is 7.17. The molecule has 0 spiro atoms. The maximum Gasteiger partial charge on any atom is 0.291 e. The van der Waals surface area contributed by atoms with Crippen LogP contribution in [0.15, 0.2) is 41.0 Å². The van der Waals surface area contributed by atoms with E-state index in [0.29, 0.717) is 16.5 Å². The Balaban J connectivity index is 1.68. The molecule has 1 unspecified atom stereocenters. The van der Waals surface area contributed by atoms with Crippen LogP contribution >= 0.6 is 11.3 Å². The fraction of sp³-hybridized carbons (Fsp3) is 0.385. The molecule has 2 amide bonds. The van der Waals surface area contributed by atoms with Gasteiger partial charge in [0.2, 0.25) is 0 Å². The highest BCUT2D eigenvalue weighted by Gasteiger charge is 2.34. The van der Waals surface area contributed by atoms with Gasteiger partial charge in [-0.25, -0.2) is 0 Å². The number of hydrogen-bond donors (Lipinski definition) is 2. The third kappa shape index (κ3) is 4.51. The zero-order valence-electron chi connectivity index (χ0n) is 19.3. The van der Waals surface area contributed by atoms with Crippen LogP contribution in [0.3, 0.4) is 0 Å². The van der Waals surface area contributed by atoms with Crippen LogP contribution in [0.5, 0.6) is 0 Å². The highest BCUT2D eigenvalue weighted by atomic mass is 32.1. The summed E-state index contributed by atoms with van der Waals surface area (Å²) in [6.07, 6.45) is 4.25. The quantitative estimate of drug-likeness (QED) is 0.469. The van der Waals surface area contributed by atoms with Gasteiger partial charge in [-0.15, -0.1) is 11.3 Å².